The molecule has 1 fully saturated rings. The fourth-order valence-corrected chi connectivity index (χ4v) is 4.77. The molecule has 2 aromatic rings. The molecule has 2 aromatic heterocycles. The lowest BCUT2D eigenvalue weighted by molar-refractivity contribution is -0.161. The number of carboxylic acids is 1. The zero-order valence-corrected chi connectivity index (χ0v) is 23.9. The van der Waals surface area contributed by atoms with Gasteiger partial charge in [-0.05, 0) is 13.8 Å². The van der Waals surface area contributed by atoms with E-state index in [0.717, 1.165) is 25.2 Å². The van der Waals surface area contributed by atoms with Crippen molar-refractivity contribution in [3.63, 3.8) is 0 Å². The zero-order chi connectivity index (χ0) is 33.3. The molecule has 3 heterocycles. The molecule has 0 radical (unpaired) electrons. The van der Waals surface area contributed by atoms with Crippen LogP contribution < -0.4 is 22.2 Å². The fraction of sp³-hybridized carbons (Fsp3) is 0.333. The van der Waals surface area contributed by atoms with Gasteiger partial charge in [0.05, 0.1) is 6.20 Å². The average molecular weight is 662 g/mol. The molecule has 21 nitrogen and oxygen atoms in total. The van der Waals surface area contributed by atoms with Crippen molar-refractivity contribution in [2.45, 2.75) is 37.6 Å². The highest BCUT2D eigenvalue weighted by Crippen LogP contribution is 2.25. The maximum atomic E-state index is 13.1. The summed E-state index contributed by atoms with van der Waals surface area (Å²) in [5.74, 6) is -8.00. The quantitative estimate of drug-likeness (QED) is 0.0171. The van der Waals surface area contributed by atoms with Gasteiger partial charge in [-0.25, -0.2) is 18.9 Å². The van der Waals surface area contributed by atoms with Crippen molar-refractivity contribution in [2.75, 3.05) is 12.3 Å². The van der Waals surface area contributed by atoms with Gasteiger partial charge >= 0.3 is 22.2 Å². The summed E-state index contributed by atoms with van der Waals surface area (Å²) in [4.78, 5) is 82.4. The number of pyridine rings is 1. The summed E-state index contributed by atoms with van der Waals surface area (Å²) in [5.41, 5.74) is 6.31. The second-order valence-corrected chi connectivity index (χ2v) is 11.5. The van der Waals surface area contributed by atoms with Gasteiger partial charge in [-0.1, -0.05) is 5.16 Å². The van der Waals surface area contributed by atoms with Gasteiger partial charge in [0, 0.05) is 11.4 Å². The fourth-order valence-electron chi connectivity index (χ4n) is 3.36. The first-order valence-electron chi connectivity index (χ1n) is 11.7. The van der Waals surface area contributed by atoms with Crippen LogP contribution in [-0.2, 0) is 39.1 Å². The maximum Gasteiger partial charge on any atom is 0.362 e. The van der Waals surface area contributed by atoms with Crippen LogP contribution in [-0.4, -0.2) is 108 Å². The van der Waals surface area contributed by atoms with Crippen molar-refractivity contribution in [1.29, 1.82) is 0 Å². The maximum absolute atomic E-state index is 13.1. The molecular weight excluding hydrogens is 638 g/mol. The molecule has 0 saturated carbocycles. The largest absolute Gasteiger partial charge is 0.503 e. The Bertz CT molecular complexity index is 1730. The SMILES string of the molecule is CC(C)(ON=C(C(=O)N[C@@H]1C(=O)N(S(=O)(=O)O)[C@@H]1COC(=O)C(N)C(=O)c1cc(=O)c(O)cn1O)c1csc(N)n1)C(=O)O. The lowest BCUT2D eigenvalue weighted by atomic mass is 9.99. The van der Waals surface area contributed by atoms with Gasteiger partial charge in [0.25, 0.3) is 11.8 Å². The van der Waals surface area contributed by atoms with E-state index >= 15 is 0 Å². The summed E-state index contributed by atoms with van der Waals surface area (Å²) < 4.78 is 37.8. The van der Waals surface area contributed by atoms with Crippen LogP contribution in [0.5, 0.6) is 5.75 Å². The first-order chi connectivity index (χ1) is 20.3. The number of anilines is 1. The Morgan fingerprint density at radius 2 is 1.91 bits per heavy atom. The van der Waals surface area contributed by atoms with Gasteiger partial charge in [0.2, 0.25) is 16.8 Å². The highest BCUT2D eigenvalue weighted by Gasteiger charge is 2.55. The van der Waals surface area contributed by atoms with Crippen molar-refractivity contribution in [3.8, 4) is 5.75 Å². The number of ketones is 1. The van der Waals surface area contributed by atoms with E-state index in [1.165, 1.54) is 5.38 Å². The third-order valence-electron chi connectivity index (χ3n) is 5.76. The lowest BCUT2D eigenvalue weighted by Crippen LogP contribution is -2.73. The predicted molar refractivity (Wildman–Crippen MR) is 143 cm³/mol. The number of β-lactam (4-membered cyclic amide) rings is 1. The van der Waals surface area contributed by atoms with E-state index in [1.807, 2.05) is 0 Å². The first-order valence-corrected chi connectivity index (χ1v) is 14.0. The van der Waals surface area contributed by atoms with Crippen molar-refractivity contribution < 1.29 is 61.9 Å². The van der Waals surface area contributed by atoms with Crippen LogP contribution in [0.4, 0.5) is 5.13 Å². The van der Waals surface area contributed by atoms with Gasteiger partial charge in [-0.3, -0.25) is 23.7 Å². The molecule has 3 atom stereocenters. The van der Waals surface area contributed by atoms with Crippen molar-refractivity contribution in [1.82, 2.24) is 19.3 Å². The molecule has 44 heavy (non-hydrogen) atoms. The van der Waals surface area contributed by atoms with Gasteiger partial charge in [0.15, 0.2) is 22.6 Å². The number of aromatic nitrogens is 2. The van der Waals surface area contributed by atoms with E-state index in [2.05, 4.69) is 15.5 Å². The Morgan fingerprint density at radius 1 is 1.27 bits per heavy atom. The number of Topliss-reactive ketones (excluding diaryl/α,β-unsaturated/α-hetero) is 1. The number of hydrogen-bond donors (Lipinski definition) is 7. The second-order valence-electron chi connectivity index (χ2n) is 9.27. The second kappa shape index (κ2) is 12.2. The molecule has 1 unspecified atom stereocenters. The standard InChI is InChI=1S/C21H23N7O14S2/c1-21(2,19(35)36)42-26-13(7-6-43-20(23)24-7)16(32)25-14-9(28(17(14)33)44(38,39)40)5-41-18(34)12(22)15(31)8-3-10(29)11(30)4-27(8)37/h3-4,6,9,12,14,30,37H,5,22H2,1-2H3,(H2,23,24)(H,25,32)(H,35,36)(H,38,39,40)/t9-,12?,14+/m1/s1. The lowest BCUT2D eigenvalue weighted by Gasteiger charge is -2.43. The minimum Gasteiger partial charge on any atom is -0.503 e. The Labute approximate surface area is 249 Å². The van der Waals surface area contributed by atoms with Gasteiger partial charge < -0.3 is 41.8 Å². The number of carbonyl (C=O) groups is 5. The number of nitrogens with one attached hydrogen (secondary N) is 1. The number of aliphatic carboxylic acids is 1. The van der Waals surface area contributed by atoms with Crippen LogP contribution in [0.2, 0.25) is 0 Å². The first kappa shape index (κ1) is 33.4. The molecule has 0 bridgehead atoms. The number of esters is 1. The Hall–Kier alpha value is -5.13. The summed E-state index contributed by atoms with van der Waals surface area (Å²) in [6, 6.07) is -5.38. The number of carbonyl (C=O) groups excluding carboxylic acids is 4. The molecule has 9 N–H and O–H groups in total. The molecule has 1 aliphatic rings. The molecular formula is C21H23N7O14S2. The summed E-state index contributed by atoms with van der Waals surface area (Å²) in [5, 5.41) is 35.1. The number of nitrogen functional groups attached to an aromatic ring is 1. The van der Waals surface area contributed by atoms with Crippen molar-refractivity contribution >= 4 is 62.0 Å². The summed E-state index contributed by atoms with van der Waals surface area (Å²) in [6.45, 7) is 1.12. The van der Waals surface area contributed by atoms with E-state index in [9.17, 15) is 57.2 Å². The molecule has 2 amide bonds. The van der Waals surface area contributed by atoms with Crippen LogP contribution in [0, 0.1) is 0 Å². The number of nitrogens with two attached hydrogens (primary N) is 2. The molecule has 23 heteroatoms. The predicted octanol–water partition coefficient (Wildman–Crippen LogP) is -3.33. The van der Waals surface area contributed by atoms with Gasteiger partial charge in [0.1, 0.15) is 30.1 Å². The number of carboxylic acid groups (broad SMARTS) is 1. The minimum atomic E-state index is -5.28. The van der Waals surface area contributed by atoms with Crippen LogP contribution >= 0.6 is 11.3 Å². The number of aromatic hydroxyl groups is 1. The van der Waals surface area contributed by atoms with Crippen LogP contribution in [0.1, 0.15) is 30.0 Å². The summed E-state index contributed by atoms with van der Waals surface area (Å²) in [6.07, 6.45) is 0.454. The smallest absolute Gasteiger partial charge is 0.362 e. The number of ether oxygens (including phenoxy) is 1. The Balaban J connectivity index is 1.82. The van der Waals surface area contributed by atoms with Crippen molar-refractivity contribution in [2.24, 2.45) is 10.9 Å². The molecule has 0 aliphatic carbocycles. The van der Waals surface area contributed by atoms with E-state index in [4.69, 9.17) is 21.0 Å². The molecule has 1 saturated heterocycles. The highest BCUT2D eigenvalue weighted by molar-refractivity contribution is 7.84. The van der Waals surface area contributed by atoms with E-state index in [0.29, 0.717) is 12.3 Å². The average Bonchev–Trinajstić information content (AvgIpc) is 3.35. The van der Waals surface area contributed by atoms with Crippen LogP contribution in [0.15, 0.2) is 27.6 Å². The van der Waals surface area contributed by atoms with Crippen molar-refractivity contribution in [3.05, 3.63) is 39.3 Å². The number of rotatable bonds is 12. The van der Waals surface area contributed by atoms with Gasteiger partial charge in [-0.2, -0.15) is 13.1 Å². The molecule has 1 aliphatic heterocycles. The number of oxime groups is 1. The summed E-state index contributed by atoms with van der Waals surface area (Å²) in [7, 11) is -5.28. The molecule has 0 aromatic carbocycles. The minimum absolute atomic E-state index is 0.0127. The van der Waals surface area contributed by atoms with Crippen LogP contribution in [0.3, 0.4) is 0 Å². The Kier molecular flexibility index (Phi) is 9.28. The molecule has 3 rings (SSSR count). The Morgan fingerprint density at radius 3 is 2.45 bits per heavy atom. The normalized spacial score (nSPS) is 17.8. The number of amides is 2. The topological polar surface area (TPSA) is 333 Å². The van der Waals surface area contributed by atoms with Gasteiger partial charge in [-0.15, -0.1) is 11.3 Å². The number of thiazole rings is 1. The third kappa shape index (κ3) is 6.91. The summed E-state index contributed by atoms with van der Waals surface area (Å²) >= 11 is 0.853. The highest BCUT2D eigenvalue weighted by atomic mass is 32.2. The zero-order valence-electron chi connectivity index (χ0n) is 22.3. The third-order valence-corrected chi connectivity index (χ3v) is 7.38. The molecule has 0 spiro atoms. The van der Waals surface area contributed by atoms with E-state index in [-0.39, 0.29) is 19.9 Å². The number of nitrogens with zero attached hydrogens (tertiary/aromatic N) is 4. The van der Waals surface area contributed by atoms with E-state index < -0.39 is 92.8 Å². The van der Waals surface area contributed by atoms with E-state index in [1.54, 1.807) is 0 Å². The monoisotopic (exact) mass is 661 g/mol. The van der Waals surface area contributed by atoms with Crippen LogP contribution in [0.25, 0.3) is 0 Å². The molecule has 238 valence electrons. The number of hydrogen-bond acceptors (Lipinski definition) is 17.